The van der Waals surface area contributed by atoms with Crippen molar-refractivity contribution in [2.45, 2.75) is 19.6 Å². The Labute approximate surface area is 101 Å². The lowest BCUT2D eigenvalue weighted by molar-refractivity contribution is 0.289. The predicted octanol–water partition coefficient (Wildman–Crippen LogP) is 2.68. The molecule has 0 aliphatic heterocycles. The molecule has 1 atom stereocenters. The van der Waals surface area contributed by atoms with Gasteiger partial charge in [-0.2, -0.15) is 0 Å². The van der Waals surface area contributed by atoms with Gasteiger partial charge in [0.25, 0.3) is 0 Å². The fraction of sp³-hybridized carbons (Fsp3) is 0.214. The number of hydrogen-bond acceptors (Lipinski definition) is 3. The number of nitrogens with zero attached hydrogens (tertiary/aromatic N) is 1. The summed E-state index contributed by atoms with van der Waals surface area (Å²) >= 11 is 0. The summed E-state index contributed by atoms with van der Waals surface area (Å²) in [6.45, 7) is 2.43. The van der Waals surface area contributed by atoms with Crippen molar-refractivity contribution in [3.63, 3.8) is 0 Å². The minimum atomic E-state index is -0.0746. The fourth-order valence-corrected chi connectivity index (χ4v) is 1.60. The molecule has 0 unspecified atom stereocenters. The zero-order valence-electron chi connectivity index (χ0n) is 9.84. The molecule has 0 aliphatic carbocycles. The first-order valence-corrected chi connectivity index (χ1v) is 5.64. The normalized spacial score (nSPS) is 12.1. The van der Waals surface area contributed by atoms with Crippen molar-refractivity contribution in [1.29, 1.82) is 0 Å². The first-order valence-electron chi connectivity index (χ1n) is 5.64. The Morgan fingerprint density at radius 2 is 1.94 bits per heavy atom. The summed E-state index contributed by atoms with van der Waals surface area (Å²) in [6.07, 6.45) is 1.71. The Hall–Kier alpha value is -1.87. The summed E-state index contributed by atoms with van der Waals surface area (Å²) in [5.74, 6) is 0.617. The number of nitrogens with two attached hydrogens (primary N) is 1. The largest absolute Gasteiger partial charge is 0.473 e. The lowest BCUT2D eigenvalue weighted by atomic mass is 10.1. The molecule has 0 fully saturated rings. The van der Waals surface area contributed by atoms with Gasteiger partial charge in [-0.05, 0) is 18.6 Å². The second-order valence-electron chi connectivity index (χ2n) is 3.96. The molecule has 88 valence electrons. The first-order chi connectivity index (χ1) is 8.27. The van der Waals surface area contributed by atoms with Crippen LogP contribution in [0.4, 0.5) is 0 Å². The first kappa shape index (κ1) is 11.6. The van der Waals surface area contributed by atoms with Crippen LogP contribution in [0.1, 0.15) is 24.1 Å². The Bertz CT molecular complexity index is 469. The molecule has 17 heavy (non-hydrogen) atoms. The number of rotatable bonds is 4. The fourth-order valence-electron chi connectivity index (χ4n) is 1.60. The van der Waals surface area contributed by atoms with Gasteiger partial charge in [-0.25, -0.2) is 4.98 Å². The topological polar surface area (TPSA) is 48.1 Å². The van der Waals surface area contributed by atoms with Gasteiger partial charge in [0.1, 0.15) is 6.61 Å². The van der Waals surface area contributed by atoms with Gasteiger partial charge in [0.05, 0.1) is 0 Å². The summed E-state index contributed by atoms with van der Waals surface area (Å²) in [4.78, 5) is 4.21. The van der Waals surface area contributed by atoms with Crippen LogP contribution in [0.3, 0.4) is 0 Å². The van der Waals surface area contributed by atoms with Crippen LogP contribution >= 0.6 is 0 Å². The minimum absolute atomic E-state index is 0.0746. The Morgan fingerprint density at radius 3 is 2.65 bits per heavy atom. The average molecular weight is 228 g/mol. The molecule has 2 aromatic rings. The lowest BCUT2D eigenvalue weighted by Crippen LogP contribution is -2.09. The van der Waals surface area contributed by atoms with Crippen molar-refractivity contribution >= 4 is 0 Å². The van der Waals surface area contributed by atoms with Crippen LogP contribution in [-0.2, 0) is 6.61 Å². The van der Waals surface area contributed by atoms with Gasteiger partial charge in [0.15, 0.2) is 0 Å². The van der Waals surface area contributed by atoms with Gasteiger partial charge < -0.3 is 10.5 Å². The standard InChI is InChI=1S/C14H16N2O/c1-11(15)13-8-5-9-16-14(13)17-10-12-6-3-2-4-7-12/h2-9,11H,10,15H2,1H3/t11-/m0/s1. The minimum Gasteiger partial charge on any atom is -0.473 e. The van der Waals surface area contributed by atoms with Crippen LogP contribution in [-0.4, -0.2) is 4.98 Å². The Balaban J connectivity index is 2.09. The molecule has 1 aromatic heterocycles. The third-order valence-corrected chi connectivity index (χ3v) is 2.51. The molecular weight excluding hydrogens is 212 g/mol. The van der Waals surface area contributed by atoms with Crippen LogP contribution in [0.25, 0.3) is 0 Å². The zero-order valence-corrected chi connectivity index (χ0v) is 9.84. The van der Waals surface area contributed by atoms with E-state index in [4.69, 9.17) is 10.5 Å². The average Bonchev–Trinajstić information content (AvgIpc) is 2.38. The van der Waals surface area contributed by atoms with E-state index >= 15 is 0 Å². The van der Waals surface area contributed by atoms with E-state index in [1.54, 1.807) is 6.20 Å². The van der Waals surface area contributed by atoms with Crippen molar-refractivity contribution < 1.29 is 4.74 Å². The smallest absolute Gasteiger partial charge is 0.218 e. The van der Waals surface area contributed by atoms with Crippen LogP contribution in [0.15, 0.2) is 48.7 Å². The maximum Gasteiger partial charge on any atom is 0.218 e. The zero-order chi connectivity index (χ0) is 12.1. The van der Waals surface area contributed by atoms with E-state index in [1.165, 1.54) is 0 Å². The number of aromatic nitrogens is 1. The molecule has 2 rings (SSSR count). The molecule has 2 N–H and O–H groups in total. The van der Waals surface area contributed by atoms with Crippen molar-refractivity contribution in [2.75, 3.05) is 0 Å². The highest BCUT2D eigenvalue weighted by atomic mass is 16.5. The van der Waals surface area contributed by atoms with E-state index in [0.29, 0.717) is 12.5 Å². The van der Waals surface area contributed by atoms with Crippen molar-refractivity contribution in [2.24, 2.45) is 5.73 Å². The predicted molar refractivity (Wildman–Crippen MR) is 67.6 cm³/mol. The SMILES string of the molecule is C[C@H](N)c1cccnc1OCc1ccccc1. The molecule has 0 radical (unpaired) electrons. The second kappa shape index (κ2) is 5.46. The monoisotopic (exact) mass is 228 g/mol. The lowest BCUT2D eigenvalue weighted by Gasteiger charge is -2.12. The molecule has 0 saturated carbocycles. The number of ether oxygens (including phenoxy) is 1. The van der Waals surface area contributed by atoms with Crippen molar-refractivity contribution in [1.82, 2.24) is 4.98 Å². The highest BCUT2D eigenvalue weighted by molar-refractivity contribution is 5.28. The Morgan fingerprint density at radius 1 is 1.18 bits per heavy atom. The summed E-state index contributed by atoms with van der Waals surface area (Å²) in [5, 5.41) is 0. The molecular formula is C14H16N2O. The van der Waals surface area contributed by atoms with Gasteiger partial charge >= 0.3 is 0 Å². The molecule has 0 aliphatic rings. The molecule has 0 amide bonds. The van der Waals surface area contributed by atoms with Crippen molar-refractivity contribution in [3.8, 4) is 5.88 Å². The maximum absolute atomic E-state index is 5.86. The number of hydrogen-bond donors (Lipinski definition) is 1. The molecule has 1 heterocycles. The van der Waals surface area contributed by atoms with E-state index in [-0.39, 0.29) is 6.04 Å². The summed E-state index contributed by atoms with van der Waals surface area (Å²) < 4.78 is 5.69. The quantitative estimate of drug-likeness (QED) is 0.875. The van der Waals surface area contributed by atoms with Gasteiger partial charge in [-0.3, -0.25) is 0 Å². The molecule has 3 heteroatoms. The van der Waals surface area contributed by atoms with Crippen molar-refractivity contribution in [3.05, 3.63) is 59.8 Å². The van der Waals surface area contributed by atoms with E-state index < -0.39 is 0 Å². The third kappa shape index (κ3) is 3.04. The van der Waals surface area contributed by atoms with Crippen LogP contribution in [0.2, 0.25) is 0 Å². The third-order valence-electron chi connectivity index (χ3n) is 2.51. The molecule has 1 aromatic carbocycles. The summed E-state index contributed by atoms with van der Waals surface area (Å²) in [7, 11) is 0. The summed E-state index contributed by atoms with van der Waals surface area (Å²) in [5.41, 5.74) is 7.92. The second-order valence-corrected chi connectivity index (χ2v) is 3.96. The van der Waals surface area contributed by atoms with Gasteiger partial charge in [0, 0.05) is 17.8 Å². The molecule has 3 nitrogen and oxygen atoms in total. The van der Waals surface area contributed by atoms with E-state index in [1.807, 2.05) is 49.4 Å². The van der Waals surface area contributed by atoms with Gasteiger partial charge in [-0.15, -0.1) is 0 Å². The molecule has 0 saturated heterocycles. The van der Waals surface area contributed by atoms with E-state index in [0.717, 1.165) is 11.1 Å². The van der Waals surface area contributed by atoms with E-state index in [2.05, 4.69) is 4.98 Å². The maximum atomic E-state index is 5.86. The van der Waals surface area contributed by atoms with E-state index in [9.17, 15) is 0 Å². The highest BCUT2D eigenvalue weighted by Gasteiger charge is 2.08. The van der Waals surface area contributed by atoms with Gasteiger partial charge in [-0.1, -0.05) is 36.4 Å². The van der Waals surface area contributed by atoms with Gasteiger partial charge in [0.2, 0.25) is 5.88 Å². The highest BCUT2D eigenvalue weighted by Crippen LogP contribution is 2.21. The van der Waals surface area contributed by atoms with Crippen LogP contribution < -0.4 is 10.5 Å². The van der Waals surface area contributed by atoms with Crippen LogP contribution in [0.5, 0.6) is 5.88 Å². The summed E-state index contributed by atoms with van der Waals surface area (Å²) in [6, 6.07) is 13.7. The molecule has 0 bridgehead atoms. The Kier molecular flexibility index (Phi) is 3.73. The van der Waals surface area contributed by atoms with Crippen LogP contribution in [0, 0.1) is 0 Å². The molecule has 0 spiro atoms. The number of pyridine rings is 1. The number of benzene rings is 1.